The Kier molecular flexibility index (Phi) is 3.35. The monoisotopic (exact) mass is 283 g/mol. The summed E-state index contributed by atoms with van der Waals surface area (Å²) in [6.07, 6.45) is 1.67. The van der Waals surface area contributed by atoms with Gasteiger partial charge in [0.15, 0.2) is 0 Å². The molecule has 20 heavy (non-hydrogen) atoms. The summed E-state index contributed by atoms with van der Waals surface area (Å²) in [6.45, 7) is 0. The average molecular weight is 283 g/mol. The normalized spacial score (nSPS) is 12.6. The second-order valence-corrected chi connectivity index (χ2v) is 5.36. The molecule has 0 aliphatic rings. The van der Waals surface area contributed by atoms with E-state index in [1.54, 1.807) is 41.8 Å². The molecule has 0 aliphatic heterocycles. The zero-order valence-corrected chi connectivity index (χ0v) is 11.7. The van der Waals surface area contributed by atoms with Crippen molar-refractivity contribution in [3.63, 3.8) is 0 Å². The molecule has 0 bridgehead atoms. The van der Waals surface area contributed by atoms with Crippen LogP contribution < -0.4 is 4.80 Å². The van der Waals surface area contributed by atoms with E-state index in [9.17, 15) is 5.11 Å². The fourth-order valence-electron chi connectivity index (χ4n) is 1.88. The van der Waals surface area contributed by atoms with Crippen LogP contribution in [-0.4, -0.2) is 15.9 Å². The van der Waals surface area contributed by atoms with Gasteiger partial charge in [0.2, 0.25) is 4.80 Å². The number of hydrogen-bond donors (Lipinski definition) is 1. The summed E-state index contributed by atoms with van der Waals surface area (Å²) in [5.74, 6) is 0.245. The van der Waals surface area contributed by atoms with Crippen molar-refractivity contribution in [3.8, 4) is 5.75 Å². The van der Waals surface area contributed by atoms with Crippen LogP contribution in [-0.2, 0) is 7.05 Å². The Hall–Kier alpha value is -2.40. The van der Waals surface area contributed by atoms with E-state index in [-0.39, 0.29) is 5.75 Å². The lowest BCUT2D eigenvalue weighted by Gasteiger charge is -1.93. The number of nitrogens with zero attached hydrogens (tertiary/aromatic N) is 3. The smallest absolute Gasteiger partial charge is 0.211 e. The molecular weight excluding hydrogens is 270 g/mol. The summed E-state index contributed by atoms with van der Waals surface area (Å²) in [7, 11) is 1.98. The van der Waals surface area contributed by atoms with E-state index >= 15 is 0 Å². The fraction of sp³-hybridized carbons (Fsp3) is 0.0667. The highest BCUT2D eigenvalue weighted by Crippen LogP contribution is 2.15. The maximum atomic E-state index is 9.21. The largest absolute Gasteiger partial charge is 0.508 e. The van der Waals surface area contributed by atoms with Crippen LogP contribution in [0.15, 0.2) is 58.7 Å². The van der Waals surface area contributed by atoms with Crippen LogP contribution in [0.25, 0.3) is 10.2 Å². The first kappa shape index (κ1) is 12.6. The van der Waals surface area contributed by atoms with E-state index < -0.39 is 0 Å². The van der Waals surface area contributed by atoms with E-state index in [1.807, 2.05) is 23.7 Å². The molecule has 100 valence electrons. The molecule has 2 aromatic carbocycles. The highest BCUT2D eigenvalue weighted by atomic mass is 32.1. The third kappa shape index (κ3) is 2.48. The molecule has 1 aromatic heterocycles. The predicted molar refractivity (Wildman–Crippen MR) is 82.1 cm³/mol. The minimum Gasteiger partial charge on any atom is -0.508 e. The number of para-hydroxylation sites is 1. The molecule has 0 fully saturated rings. The van der Waals surface area contributed by atoms with Crippen molar-refractivity contribution in [2.24, 2.45) is 17.3 Å². The minimum absolute atomic E-state index is 0.245. The number of aromatic hydroxyl groups is 1. The Balaban J connectivity index is 1.94. The molecule has 5 heteroatoms. The quantitative estimate of drug-likeness (QED) is 0.570. The van der Waals surface area contributed by atoms with Crippen molar-refractivity contribution in [3.05, 3.63) is 58.9 Å². The number of phenols is 1. The van der Waals surface area contributed by atoms with E-state index in [1.165, 1.54) is 4.70 Å². The zero-order valence-electron chi connectivity index (χ0n) is 10.9. The van der Waals surface area contributed by atoms with Crippen LogP contribution in [0.4, 0.5) is 0 Å². The Morgan fingerprint density at radius 3 is 2.60 bits per heavy atom. The highest BCUT2D eigenvalue weighted by Gasteiger charge is 2.00. The summed E-state index contributed by atoms with van der Waals surface area (Å²) in [5, 5.41) is 17.6. The van der Waals surface area contributed by atoms with Crippen molar-refractivity contribution < 1.29 is 5.11 Å². The summed E-state index contributed by atoms with van der Waals surface area (Å²) in [4.78, 5) is 0.848. The molecule has 3 aromatic rings. The molecule has 0 saturated heterocycles. The number of hydrogen-bond acceptors (Lipinski definition) is 4. The van der Waals surface area contributed by atoms with Gasteiger partial charge >= 0.3 is 0 Å². The summed E-state index contributed by atoms with van der Waals surface area (Å²) < 4.78 is 3.21. The van der Waals surface area contributed by atoms with E-state index in [2.05, 4.69) is 22.3 Å². The van der Waals surface area contributed by atoms with Gasteiger partial charge in [0, 0.05) is 7.05 Å². The van der Waals surface area contributed by atoms with Gasteiger partial charge < -0.3 is 9.67 Å². The van der Waals surface area contributed by atoms with Crippen LogP contribution in [0.1, 0.15) is 5.56 Å². The van der Waals surface area contributed by atoms with Gasteiger partial charge in [0.05, 0.1) is 16.4 Å². The van der Waals surface area contributed by atoms with Crippen LogP contribution in [0.5, 0.6) is 5.75 Å². The molecule has 0 unspecified atom stereocenters. The van der Waals surface area contributed by atoms with Gasteiger partial charge in [-0.05, 0) is 42.0 Å². The molecule has 1 N–H and O–H groups in total. The van der Waals surface area contributed by atoms with Crippen molar-refractivity contribution in [1.29, 1.82) is 0 Å². The van der Waals surface area contributed by atoms with E-state index in [0.29, 0.717) is 0 Å². The Labute approximate surface area is 120 Å². The van der Waals surface area contributed by atoms with Gasteiger partial charge in [-0.15, -0.1) is 5.10 Å². The number of fused-ring (bicyclic) bond motifs is 1. The molecule has 0 aliphatic carbocycles. The molecule has 0 saturated carbocycles. The van der Waals surface area contributed by atoms with Gasteiger partial charge in [-0.2, -0.15) is 5.10 Å². The maximum Gasteiger partial charge on any atom is 0.211 e. The van der Waals surface area contributed by atoms with E-state index in [0.717, 1.165) is 15.9 Å². The minimum atomic E-state index is 0.245. The number of benzene rings is 2. The Morgan fingerprint density at radius 2 is 1.85 bits per heavy atom. The third-order valence-electron chi connectivity index (χ3n) is 2.96. The number of phenolic OH excluding ortho intramolecular Hbond substituents is 1. The zero-order chi connectivity index (χ0) is 13.9. The maximum absolute atomic E-state index is 9.21. The molecule has 3 rings (SSSR count). The van der Waals surface area contributed by atoms with Crippen molar-refractivity contribution >= 4 is 27.8 Å². The van der Waals surface area contributed by atoms with Crippen molar-refractivity contribution in [2.45, 2.75) is 0 Å². The van der Waals surface area contributed by atoms with Crippen molar-refractivity contribution in [1.82, 2.24) is 4.57 Å². The summed E-state index contributed by atoms with van der Waals surface area (Å²) >= 11 is 1.60. The lowest BCUT2D eigenvalue weighted by molar-refractivity contribution is 0.475. The van der Waals surface area contributed by atoms with Gasteiger partial charge in [-0.3, -0.25) is 0 Å². The molecule has 1 heterocycles. The van der Waals surface area contributed by atoms with Crippen molar-refractivity contribution in [2.75, 3.05) is 0 Å². The van der Waals surface area contributed by atoms with E-state index in [4.69, 9.17) is 0 Å². The Bertz CT molecular complexity index is 828. The fourth-order valence-corrected chi connectivity index (χ4v) is 2.86. The molecular formula is C15H13N3OS. The van der Waals surface area contributed by atoms with Gasteiger partial charge in [-0.1, -0.05) is 23.5 Å². The molecule has 0 atom stereocenters. The summed E-state index contributed by atoms with van der Waals surface area (Å²) in [5.41, 5.74) is 2.05. The summed E-state index contributed by atoms with van der Waals surface area (Å²) in [6, 6.07) is 15.0. The second kappa shape index (κ2) is 5.30. The standard InChI is InChI=1S/C15H13N3OS/c1-18-13-4-2-3-5-14(13)20-15(18)17-16-10-11-6-8-12(19)9-7-11/h2-10,19H,1H3/b16-10+,17-15+. The number of aryl methyl sites for hydroxylation is 1. The number of rotatable bonds is 2. The lowest BCUT2D eigenvalue weighted by atomic mass is 10.2. The second-order valence-electron chi connectivity index (χ2n) is 4.35. The predicted octanol–water partition coefficient (Wildman–Crippen LogP) is 2.88. The van der Waals surface area contributed by atoms with Gasteiger partial charge in [0.25, 0.3) is 0 Å². The topological polar surface area (TPSA) is 49.9 Å². The first-order valence-corrected chi connectivity index (χ1v) is 6.96. The van der Waals surface area contributed by atoms with Crippen LogP contribution in [0.2, 0.25) is 0 Å². The first-order chi connectivity index (χ1) is 9.74. The molecule has 0 radical (unpaired) electrons. The van der Waals surface area contributed by atoms with Gasteiger partial charge in [0.1, 0.15) is 5.75 Å². The number of thiazole rings is 1. The lowest BCUT2D eigenvalue weighted by Crippen LogP contribution is -2.08. The molecule has 4 nitrogen and oxygen atoms in total. The SMILES string of the molecule is Cn1/c(=N\N=C\c2ccc(O)cc2)sc2ccccc21. The van der Waals surface area contributed by atoms with Gasteiger partial charge in [-0.25, -0.2) is 0 Å². The third-order valence-corrected chi connectivity index (χ3v) is 4.06. The Morgan fingerprint density at radius 1 is 1.10 bits per heavy atom. The van der Waals surface area contributed by atoms with Crippen LogP contribution in [0, 0.1) is 0 Å². The van der Waals surface area contributed by atoms with Crippen LogP contribution >= 0.6 is 11.3 Å². The van der Waals surface area contributed by atoms with Crippen LogP contribution in [0.3, 0.4) is 0 Å². The first-order valence-electron chi connectivity index (χ1n) is 6.15. The highest BCUT2D eigenvalue weighted by molar-refractivity contribution is 7.16. The average Bonchev–Trinajstić information content (AvgIpc) is 2.78. The molecule has 0 amide bonds. The number of aromatic nitrogens is 1. The molecule has 0 spiro atoms.